The van der Waals surface area contributed by atoms with Crippen LogP contribution in [0.4, 0.5) is 5.69 Å². The van der Waals surface area contributed by atoms with Crippen LogP contribution >= 0.6 is 0 Å². The summed E-state index contributed by atoms with van der Waals surface area (Å²) in [5.74, 6) is 0.241. The molecule has 0 saturated carbocycles. The second-order valence-electron chi connectivity index (χ2n) is 8.36. The number of aryl methyl sites for hydroxylation is 1. The average Bonchev–Trinajstić information content (AvgIpc) is 3.30. The molecule has 0 radical (unpaired) electrons. The van der Waals surface area contributed by atoms with Gasteiger partial charge in [-0.1, -0.05) is 42.5 Å². The molecule has 37 heavy (non-hydrogen) atoms. The SMILES string of the molecule is Cc1oc(-c2ccccc2NC(=O)c2ccccc2)nc1CNC(=O)Cn1cnc2ccccc2c1=O. The molecule has 0 aliphatic carbocycles. The van der Waals surface area contributed by atoms with Crippen LogP contribution in [0.5, 0.6) is 0 Å². The van der Waals surface area contributed by atoms with Gasteiger partial charge < -0.3 is 15.1 Å². The van der Waals surface area contributed by atoms with Crippen molar-refractivity contribution in [1.29, 1.82) is 0 Å². The Kier molecular flexibility index (Phi) is 6.58. The predicted octanol–water partition coefficient (Wildman–Crippen LogP) is 3.93. The number of nitrogens with one attached hydrogen (secondary N) is 2. The van der Waals surface area contributed by atoms with Gasteiger partial charge in [-0.15, -0.1) is 0 Å². The molecule has 3 aromatic carbocycles. The van der Waals surface area contributed by atoms with Crippen LogP contribution in [0.25, 0.3) is 22.4 Å². The van der Waals surface area contributed by atoms with Crippen molar-refractivity contribution >= 4 is 28.4 Å². The maximum Gasteiger partial charge on any atom is 0.261 e. The Bertz CT molecular complexity index is 1660. The number of aromatic nitrogens is 3. The highest BCUT2D eigenvalue weighted by Crippen LogP contribution is 2.29. The van der Waals surface area contributed by atoms with Gasteiger partial charge in [0.15, 0.2) is 0 Å². The number of para-hydroxylation sites is 2. The summed E-state index contributed by atoms with van der Waals surface area (Å²) in [4.78, 5) is 46.6. The van der Waals surface area contributed by atoms with Gasteiger partial charge in [-0.2, -0.15) is 0 Å². The van der Waals surface area contributed by atoms with Gasteiger partial charge in [0, 0.05) is 5.56 Å². The smallest absolute Gasteiger partial charge is 0.261 e. The zero-order chi connectivity index (χ0) is 25.8. The largest absolute Gasteiger partial charge is 0.441 e. The van der Waals surface area contributed by atoms with E-state index in [0.717, 1.165) is 0 Å². The molecule has 184 valence electrons. The van der Waals surface area contributed by atoms with Gasteiger partial charge in [0.05, 0.1) is 35.0 Å². The molecule has 9 heteroatoms. The van der Waals surface area contributed by atoms with Gasteiger partial charge in [0.1, 0.15) is 18.0 Å². The van der Waals surface area contributed by atoms with E-state index in [1.54, 1.807) is 67.6 Å². The van der Waals surface area contributed by atoms with Gasteiger partial charge in [0.25, 0.3) is 11.5 Å². The third-order valence-corrected chi connectivity index (χ3v) is 5.83. The Hall–Kier alpha value is -5.05. The summed E-state index contributed by atoms with van der Waals surface area (Å²) in [6, 6.07) is 23.1. The minimum absolute atomic E-state index is 0.114. The molecule has 0 unspecified atom stereocenters. The molecule has 2 N–H and O–H groups in total. The summed E-state index contributed by atoms with van der Waals surface area (Å²) in [5, 5.41) is 6.13. The molecule has 0 atom stereocenters. The first-order chi connectivity index (χ1) is 18.0. The molecule has 2 amide bonds. The van der Waals surface area contributed by atoms with Crippen LogP contribution < -0.4 is 16.2 Å². The number of carbonyl (C=O) groups is 2. The highest BCUT2D eigenvalue weighted by Gasteiger charge is 2.17. The fourth-order valence-electron chi connectivity index (χ4n) is 3.88. The fraction of sp³-hybridized carbons (Fsp3) is 0.107. The molecule has 2 heterocycles. The fourth-order valence-corrected chi connectivity index (χ4v) is 3.88. The van der Waals surface area contributed by atoms with Gasteiger partial charge in [0.2, 0.25) is 11.8 Å². The van der Waals surface area contributed by atoms with Crippen molar-refractivity contribution in [2.24, 2.45) is 0 Å². The lowest BCUT2D eigenvalue weighted by Crippen LogP contribution is -2.32. The number of anilines is 1. The molecule has 0 saturated heterocycles. The molecule has 0 bridgehead atoms. The summed E-state index contributed by atoms with van der Waals surface area (Å²) in [5.41, 5.74) is 2.53. The first-order valence-electron chi connectivity index (χ1n) is 11.6. The van der Waals surface area contributed by atoms with Crippen molar-refractivity contribution in [3.8, 4) is 11.5 Å². The highest BCUT2D eigenvalue weighted by molar-refractivity contribution is 6.05. The molecular weight excluding hydrogens is 470 g/mol. The van der Waals surface area contributed by atoms with E-state index < -0.39 is 0 Å². The first kappa shape index (κ1) is 23.7. The zero-order valence-corrected chi connectivity index (χ0v) is 20.0. The molecular formula is C28H23N5O4. The van der Waals surface area contributed by atoms with Crippen LogP contribution in [0.15, 0.2) is 94.4 Å². The molecule has 9 nitrogen and oxygen atoms in total. The number of benzene rings is 3. The minimum atomic E-state index is -0.362. The average molecular weight is 494 g/mol. The van der Waals surface area contributed by atoms with Crippen molar-refractivity contribution in [2.45, 2.75) is 20.0 Å². The lowest BCUT2D eigenvalue weighted by atomic mass is 10.1. The monoisotopic (exact) mass is 493 g/mol. The van der Waals surface area contributed by atoms with Gasteiger partial charge in [-0.3, -0.25) is 19.0 Å². The minimum Gasteiger partial charge on any atom is -0.441 e. The van der Waals surface area contributed by atoms with Crippen LogP contribution in [-0.4, -0.2) is 26.3 Å². The van der Waals surface area contributed by atoms with E-state index in [0.29, 0.717) is 45.1 Å². The second kappa shape index (κ2) is 10.3. The van der Waals surface area contributed by atoms with Crippen LogP contribution in [-0.2, 0) is 17.9 Å². The van der Waals surface area contributed by atoms with Crippen LogP contribution in [0.1, 0.15) is 21.8 Å². The standard InChI is InChI=1S/C28H23N5O4/c1-18-24(15-29-25(34)16-33-17-30-22-13-7-6-12-21(22)28(33)36)32-27(37-18)20-11-5-8-14-23(20)31-26(35)19-9-3-2-4-10-19/h2-14,17H,15-16H2,1H3,(H,29,34)(H,31,35). The predicted molar refractivity (Wildman–Crippen MR) is 139 cm³/mol. The highest BCUT2D eigenvalue weighted by atomic mass is 16.4. The maximum absolute atomic E-state index is 12.7. The number of hydrogen-bond donors (Lipinski definition) is 2. The number of nitrogens with zero attached hydrogens (tertiary/aromatic N) is 3. The van der Waals surface area contributed by atoms with Crippen molar-refractivity contribution in [3.05, 3.63) is 113 Å². The molecule has 2 aromatic heterocycles. The van der Waals surface area contributed by atoms with Gasteiger partial charge in [-0.25, -0.2) is 9.97 Å². The molecule has 0 fully saturated rings. The van der Waals surface area contributed by atoms with E-state index in [1.807, 2.05) is 18.2 Å². The summed E-state index contributed by atoms with van der Waals surface area (Å²) in [6.07, 6.45) is 1.37. The summed E-state index contributed by atoms with van der Waals surface area (Å²) in [6.45, 7) is 1.69. The Balaban J connectivity index is 1.28. The number of carbonyl (C=O) groups excluding carboxylic acids is 2. The third-order valence-electron chi connectivity index (χ3n) is 5.83. The molecule has 0 spiro atoms. The summed E-state index contributed by atoms with van der Waals surface area (Å²) < 4.78 is 7.14. The van der Waals surface area contributed by atoms with Crippen LogP contribution in [0, 0.1) is 6.92 Å². The molecule has 0 aliphatic heterocycles. The zero-order valence-electron chi connectivity index (χ0n) is 20.0. The molecule has 0 aliphatic rings. The number of amides is 2. The van der Waals surface area contributed by atoms with Crippen molar-refractivity contribution < 1.29 is 14.0 Å². The second-order valence-corrected chi connectivity index (χ2v) is 8.36. The Morgan fingerprint density at radius 2 is 1.68 bits per heavy atom. The van der Waals surface area contributed by atoms with Crippen LogP contribution in [0.3, 0.4) is 0 Å². The lowest BCUT2D eigenvalue weighted by molar-refractivity contribution is -0.121. The van der Waals surface area contributed by atoms with E-state index in [4.69, 9.17) is 4.42 Å². The van der Waals surface area contributed by atoms with E-state index in [-0.39, 0.29) is 30.5 Å². The van der Waals surface area contributed by atoms with Crippen molar-refractivity contribution in [1.82, 2.24) is 19.9 Å². The number of hydrogen-bond acceptors (Lipinski definition) is 6. The normalized spacial score (nSPS) is 10.8. The Morgan fingerprint density at radius 3 is 2.51 bits per heavy atom. The third kappa shape index (κ3) is 5.15. The van der Waals surface area contributed by atoms with E-state index in [1.165, 1.54) is 10.9 Å². The Morgan fingerprint density at radius 1 is 0.946 bits per heavy atom. The Labute approximate surface area is 211 Å². The van der Waals surface area contributed by atoms with E-state index in [2.05, 4.69) is 20.6 Å². The van der Waals surface area contributed by atoms with E-state index >= 15 is 0 Å². The number of oxazole rings is 1. The maximum atomic E-state index is 12.7. The lowest BCUT2D eigenvalue weighted by Gasteiger charge is -2.09. The van der Waals surface area contributed by atoms with Crippen molar-refractivity contribution in [3.63, 3.8) is 0 Å². The summed E-state index contributed by atoms with van der Waals surface area (Å²) >= 11 is 0. The summed E-state index contributed by atoms with van der Waals surface area (Å²) in [7, 11) is 0. The number of rotatable bonds is 7. The van der Waals surface area contributed by atoms with Crippen LogP contribution in [0.2, 0.25) is 0 Å². The van der Waals surface area contributed by atoms with E-state index in [9.17, 15) is 14.4 Å². The number of fused-ring (bicyclic) bond motifs is 1. The first-order valence-corrected chi connectivity index (χ1v) is 11.6. The quantitative estimate of drug-likeness (QED) is 0.355. The topological polar surface area (TPSA) is 119 Å². The van der Waals surface area contributed by atoms with Gasteiger partial charge >= 0.3 is 0 Å². The van der Waals surface area contributed by atoms with Crippen molar-refractivity contribution in [2.75, 3.05) is 5.32 Å². The van der Waals surface area contributed by atoms with Gasteiger partial charge in [-0.05, 0) is 43.3 Å². The molecule has 5 aromatic rings. The molecule has 5 rings (SSSR count).